The molecule has 102 valence electrons. The van der Waals surface area contributed by atoms with Gasteiger partial charge >= 0.3 is 0 Å². The summed E-state index contributed by atoms with van der Waals surface area (Å²) in [5, 5.41) is 3.20. The minimum Gasteiger partial charge on any atom is -0.494 e. The SMILES string of the molecule is COc1c(Cl)ccc(Cl)c1C(=O)N1CCNC(=O)C1. The summed E-state index contributed by atoms with van der Waals surface area (Å²) in [6.45, 7) is 0.854. The van der Waals surface area contributed by atoms with Crippen molar-refractivity contribution in [1.29, 1.82) is 0 Å². The topological polar surface area (TPSA) is 58.6 Å². The van der Waals surface area contributed by atoms with Crippen LogP contribution in [0.2, 0.25) is 10.0 Å². The van der Waals surface area contributed by atoms with E-state index < -0.39 is 0 Å². The quantitative estimate of drug-likeness (QED) is 0.902. The predicted molar refractivity (Wildman–Crippen MR) is 71.9 cm³/mol. The van der Waals surface area contributed by atoms with Crippen LogP contribution in [0, 0.1) is 0 Å². The van der Waals surface area contributed by atoms with Crippen LogP contribution in [0.5, 0.6) is 5.75 Å². The molecule has 1 saturated heterocycles. The van der Waals surface area contributed by atoms with Crippen molar-refractivity contribution in [2.75, 3.05) is 26.7 Å². The highest BCUT2D eigenvalue weighted by molar-refractivity contribution is 6.37. The minimum atomic E-state index is -0.362. The summed E-state index contributed by atoms with van der Waals surface area (Å²) in [4.78, 5) is 25.2. The van der Waals surface area contributed by atoms with Crippen molar-refractivity contribution in [2.24, 2.45) is 0 Å². The van der Waals surface area contributed by atoms with Gasteiger partial charge in [0, 0.05) is 13.1 Å². The van der Waals surface area contributed by atoms with Gasteiger partial charge in [-0.15, -0.1) is 0 Å². The van der Waals surface area contributed by atoms with E-state index in [4.69, 9.17) is 27.9 Å². The van der Waals surface area contributed by atoms with Crippen LogP contribution < -0.4 is 10.1 Å². The zero-order valence-corrected chi connectivity index (χ0v) is 11.7. The molecule has 7 heteroatoms. The summed E-state index contributed by atoms with van der Waals surface area (Å²) in [7, 11) is 1.41. The molecule has 0 aliphatic carbocycles. The lowest BCUT2D eigenvalue weighted by molar-refractivity contribution is -0.123. The first kappa shape index (κ1) is 14.0. The fourth-order valence-corrected chi connectivity index (χ4v) is 2.37. The van der Waals surface area contributed by atoms with E-state index >= 15 is 0 Å². The van der Waals surface area contributed by atoms with E-state index in [1.165, 1.54) is 18.1 Å². The predicted octanol–water partition coefficient (Wildman–Crippen LogP) is 1.57. The Kier molecular flexibility index (Phi) is 4.17. The van der Waals surface area contributed by atoms with Gasteiger partial charge in [-0.3, -0.25) is 9.59 Å². The number of hydrogen-bond donors (Lipinski definition) is 1. The van der Waals surface area contributed by atoms with E-state index in [0.717, 1.165) is 0 Å². The molecule has 5 nitrogen and oxygen atoms in total. The Balaban J connectivity index is 2.38. The Morgan fingerprint density at radius 3 is 2.68 bits per heavy atom. The van der Waals surface area contributed by atoms with Crippen molar-refractivity contribution in [1.82, 2.24) is 10.2 Å². The largest absolute Gasteiger partial charge is 0.494 e. The van der Waals surface area contributed by atoms with E-state index in [-0.39, 0.29) is 34.7 Å². The normalized spacial score (nSPS) is 15.1. The number of nitrogens with one attached hydrogen (secondary N) is 1. The molecular formula is C12H12Cl2N2O3. The lowest BCUT2D eigenvalue weighted by atomic mass is 10.1. The van der Waals surface area contributed by atoms with E-state index in [9.17, 15) is 9.59 Å². The lowest BCUT2D eigenvalue weighted by Crippen LogP contribution is -2.50. The summed E-state index contributed by atoms with van der Waals surface area (Å²) in [5.74, 6) is -0.332. The molecule has 2 amide bonds. The van der Waals surface area contributed by atoms with Crippen LogP contribution in [0.15, 0.2) is 12.1 Å². The van der Waals surface area contributed by atoms with Gasteiger partial charge in [-0.25, -0.2) is 0 Å². The van der Waals surface area contributed by atoms with Gasteiger partial charge in [-0.1, -0.05) is 23.2 Å². The molecule has 19 heavy (non-hydrogen) atoms. The van der Waals surface area contributed by atoms with Crippen LogP contribution >= 0.6 is 23.2 Å². The van der Waals surface area contributed by atoms with Crippen LogP contribution in [0.4, 0.5) is 0 Å². The molecule has 0 atom stereocenters. The zero-order chi connectivity index (χ0) is 14.0. The maximum absolute atomic E-state index is 12.4. The van der Waals surface area contributed by atoms with Gasteiger partial charge in [0.05, 0.1) is 23.7 Å². The first-order valence-electron chi connectivity index (χ1n) is 5.62. The third kappa shape index (κ3) is 2.77. The fourth-order valence-electron chi connectivity index (χ4n) is 1.90. The maximum atomic E-state index is 12.4. The molecule has 1 heterocycles. The average molecular weight is 303 g/mol. The van der Waals surface area contributed by atoms with Gasteiger partial charge in [0.25, 0.3) is 5.91 Å². The Bertz CT molecular complexity index is 534. The number of rotatable bonds is 2. The number of hydrogen-bond acceptors (Lipinski definition) is 3. The van der Waals surface area contributed by atoms with Crippen LogP contribution in [-0.4, -0.2) is 43.5 Å². The average Bonchev–Trinajstić information content (AvgIpc) is 2.40. The molecular weight excluding hydrogens is 291 g/mol. The number of carbonyl (C=O) groups is 2. The molecule has 1 aromatic carbocycles. The van der Waals surface area contributed by atoms with Gasteiger partial charge in [-0.05, 0) is 12.1 Å². The van der Waals surface area contributed by atoms with Gasteiger partial charge < -0.3 is 15.0 Å². The number of methoxy groups -OCH3 is 1. The molecule has 2 rings (SSSR count). The monoisotopic (exact) mass is 302 g/mol. The number of nitrogens with zero attached hydrogens (tertiary/aromatic N) is 1. The summed E-state index contributed by atoms with van der Waals surface area (Å²) in [6.07, 6.45) is 0. The summed E-state index contributed by atoms with van der Waals surface area (Å²) < 4.78 is 5.13. The number of carbonyl (C=O) groups excluding carboxylic acids is 2. The van der Waals surface area contributed by atoms with Crippen molar-refractivity contribution in [3.05, 3.63) is 27.7 Å². The standard InChI is InChI=1S/C12H12Cl2N2O3/c1-19-11-8(14)3-2-7(13)10(11)12(18)16-5-4-15-9(17)6-16/h2-3H,4-6H2,1H3,(H,15,17). The summed E-state index contributed by atoms with van der Waals surface area (Å²) in [5.41, 5.74) is 0.186. The smallest absolute Gasteiger partial charge is 0.259 e. The number of halogens is 2. The van der Waals surface area contributed by atoms with Crippen molar-refractivity contribution in [3.8, 4) is 5.75 Å². The Morgan fingerprint density at radius 1 is 1.37 bits per heavy atom. The molecule has 1 aromatic rings. The molecule has 0 radical (unpaired) electrons. The fraction of sp³-hybridized carbons (Fsp3) is 0.333. The van der Waals surface area contributed by atoms with Crippen LogP contribution in [0.1, 0.15) is 10.4 Å². The Hall–Kier alpha value is -1.46. The molecule has 1 fully saturated rings. The summed E-state index contributed by atoms with van der Waals surface area (Å²) in [6, 6.07) is 3.09. The second kappa shape index (κ2) is 5.67. The van der Waals surface area contributed by atoms with E-state index in [1.54, 1.807) is 6.07 Å². The molecule has 0 spiro atoms. The Morgan fingerprint density at radius 2 is 2.05 bits per heavy atom. The first-order valence-corrected chi connectivity index (χ1v) is 6.38. The molecule has 0 unspecified atom stereocenters. The highest BCUT2D eigenvalue weighted by atomic mass is 35.5. The van der Waals surface area contributed by atoms with Crippen LogP contribution in [0.25, 0.3) is 0 Å². The van der Waals surface area contributed by atoms with Crippen molar-refractivity contribution < 1.29 is 14.3 Å². The number of ether oxygens (including phenoxy) is 1. The van der Waals surface area contributed by atoms with E-state index in [1.807, 2.05) is 0 Å². The summed E-state index contributed by atoms with van der Waals surface area (Å²) >= 11 is 12.0. The molecule has 1 aliphatic rings. The van der Waals surface area contributed by atoms with Crippen LogP contribution in [0.3, 0.4) is 0 Å². The van der Waals surface area contributed by atoms with Gasteiger partial charge in [0.1, 0.15) is 5.56 Å². The van der Waals surface area contributed by atoms with E-state index in [0.29, 0.717) is 18.1 Å². The maximum Gasteiger partial charge on any atom is 0.259 e. The molecule has 1 N–H and O–H groups in total. The van der Waals surface area contributed by atoms with Gasteiger partial charge in [0.15, 0.2) is 5.75 Å². The number of piperazine rings is 1. The van der Waals surface area contributed by atoms with E-state index in [2.05, 4.69) is 5.32 Å². The van der Waals surface area contributed by atoms with Crippen molar-refractivity contribution in [2.45, 2.75) is 0 Å². The minimum absolute atomic E-state index is 0.00479. The third-order valence-electron chi connectivity index (χ3n) is 2.80. The zero-order valence-electron chi connectivity index (χ0n) is 10.2. The molecule has 0 bridgehead atoms. The molecule has 0 saturated carbocycles. The van der Waals surface area contributed by atoms with Crippen LogP contribution in [-0.2, 0) is 4.79 Å². The lowest BCUT2D eigenvalue weighted by Gasteiger charge is -2.27. The molecule has 1 aliphatic heterocycles. The number of amides is 2. The van der Waals surface area contributed by atoms with Gasteiger partial charge in [0.2, 0.25) is 5.91 Å². The van der Waals surface area contributed by atoms with Crippen molar-refractivity contribution >= 4 is 35.0 Å². The highest BCUT2D eigenvalue weighted by Gasteiger charge is 2.27. The Labute approximate surface area is 120 Å². The third-order valence-corrected chi connectivity index (χ3v) is 3.41. The second-order valence-corrected chi connectivity index (χ2v) is 4.83. The van der Waals surface area contributed by atoms with Gasteiger partial charge in [-0.2, -0.15) is 0 Å². The first-order chi connectivity index (χ1) is 9.04. The highest BCUT2D eigenvalue weighted by Crippen LogP contribution is 2.34. The molecule has 0 aromatic heterocycles. The van der Waals surface area contributed by atoms with Crippen molar-refractivity contribution in [3.63, 3.8) is 0 Å². The second-order valence-electron chi connectivity index (χ2n) is 4.01. The number of benzene rings is 1.